The summed E-state index contributed by atoms with van der Waals surface area (Å²) in [4.78, 5) is 13.3. The van der Waals surface area contributed by atoms with Crippen molar-refractivity contribution in [2.45, 2.75) is 56.1 Å². The lowest BCUT2D eigenvalue weighted by Gasteiger charge is -2.39. The average Bonchev–Trinajstić information content (AvgIpc) is 2.45. The lowest BCUT2D eigenvalue weighted by molar-refractivity contribution is -0.384. The number of alkyl halides is 2. The van der Waals surface area contributed by atoms with Crippen LogP contribution in [0.2, 0.25) is 0 Å². The summed E-state index contributed by atoms with van der Waals surface area (Å²) in [6.07, 6.45) is 3.85. The maximum absolute atomic E-state index is 14.3. The summed E-state index contributed by atoms with van der Waals surface area (Å²) in [5.74, 6) is 0. The van der Waals surface area contributed by atoms with Crippen LogP contribution in [-0.4, -0.2) is 28.0 Å². The van der Waals surface area contributed by atoms with Gasteiger partial charge in [0.25, 0.3) is 5.69 Å². The molecule has 22 heavy (non-hydrogen) atoms. The fourth-order valence-corrected chi connectivity index (χ4v) is 3.55. The minimum absolute atomic E-state index is 0.0488. The zero-order valence-corrected chi connectivity index (χ0v) is 14.6. The van der Waals surface area contributed by atoms with Gasteiger partial charge < -0.3 is 4.90 Å². The molecule has 1 aliphatic rings. The summed E-state index contributed by atoms with van der Waals surface area (Å²) in [6.45, 7) is 3.20. The fraction of sp³-hybridized carbons (Fsp3) is 0.625. The monoisotopic (exact) mass is 372 g/mol. The third kappa shape index (κ3) is 4.41. The van der Waals surface area contributed by atoms with E-state index in [4.69, 9.17) is 0 Å². The van der Waals surface area contributed by atoms with Crippen LogP contribution in [0.1, 0.15) is 39.5 Å². The van der Waals surface area contributed by atoms with E-state index < -0.39 is 5.67 Å². The van der Waals surface area contributed by atoms with Gasteiger partial charge in [0.15, 0.2) is 0 Å². The molecule has 0 aromatic heterocycles. The number of benzene rings is 1. The average molecular weight is 373 g/mol. The van der Waals surface area contributed by atoms with Crippen molar-refractivity contribution >= 4 is 27.3 Å². The second-order valence-corrected chi connectivity index (χ2v) is 7.79. The van der Waals surface area contributed by atoms with Crippen LogP contribution >= 0.6 is 15.9 Å². The molecule has 122 valence electrons. The van der Waals surface area contributed by atoms with E-state index in [1.807, 2.05) is 4.90 Å². The Morgan fingerprint density at radius 1 is 1.32 bits per heavy atom. The van der Waals surface area contributed by atoms with E-state index in [1.54, 1.807) is 18.2 Å². The van der Waals surface area contributed by atoms with Crippen LogP contribution in [0.3, 0.4) is 0 Å². The second-order valence-electron chi connectivity index (χ2n) is 6.50. The molecule has 0 spiro atoms. The number of nitrogens with zero attached hydrogens (tertiary/aromatic N) is 2. The van der Waals surface area contributed by atoms with E-state index >= 15 is 0 Å². The summed E-state index contributed by atoms with van der Waals surface area (Å²) in [7, 11) is 0. The number of halogens is 2. The highest BCUT2D eigenvalue weighted by Gasteiger charge is 2.32. The van der Waals surface area contributed by atoms with Crippen LogP contribution < -0.4 is 4.90 Å². The first kappa shape index (κ1) is 17.2. The predicted octanol–water partition coefficient (Wildman–Crippen LogP) is 4.86. The molecule has 1 saturated carbocycles. The summed E-state index contributed by atoms with van der Waals surface area (Å²) in [6, 6.07) is 6.78. The molecule has 0 atom stereocenters. The molecule has 0 amide bonds. The lowest BCUT2D eigenvalue weighted by Crippen LogP contribution is -2.45. The zero-order valence-electron chi connectivity index (χ0n) is 13.0. The van der Waals surface area contributed by atoms with Gasteiger partial charge in [-0.15, -0.1) is 0 Å². The number of para-hydroxylation sites is 2. The van der Waals surface area contributed by atoms with Gasteiger partial charge in [-0.05, 0) is 45.6 Å². The summed E-state index contributed by atoms with van der Waals surface area (Å²) < 4.78 is 14.3. The summed E-state index contributed by atoms with van der Waals surface area (Å²) in [5, 5.41) is 11.3. The van der Waals surface area contributed by atoms with E-state index in [-0.39, 0.29) is 23.2 Å². The molecule has 0 heterocycles. The highest BCUT2D eigenvalue weighted by atomic mass is 79.9. The number of anilines is 1. The van der Waals surface area contributed by atoms with E-state index in [1.165, 1.54) is 19.9 Å². The Hall–Kier alpha value is -1.17. The van der Waals surface area contributed by atoms with Crippen molar-refractivity contribution in [3.63, 3.8) is 0 Å². The van der Waals surface area contributed by atoms with Gasteiger partial charge in [-0.3, -0.25) is 10.1 Å². The Labute approximate surface area is 139 Å². The normalized spacial score (nSPS) is 22.4. The van der Waals surface area contributed by atoms with E-state index in [0.29, 0.717) is 10.5 Å². The van der Waals surface area contributed by atoms with Crippen LogP contribution in [0.4, 0.5) is 15.8 Å². The Bertz CT molecular complexity index is 525. The van der Waals surface area contributed by atoms with Crippen molar-refractivity contribution in [2.24, 2.45) is 0 Å². The number of hydrogen-bond acceptors (Lipinski definition) is 3. The third-order valence-corrected chi connectivity index (χ3v) is 4.92. The first-order valence-electron chi connectivity index (χ1n) is 7.61. The number of nitro groups is 1. The standard InChI is InChI=1S/C16H22BrFN2O2/c1-16(2,18)11-19(13-9-7-12(17)8-10-13)14-5-3-4-6-15(14)20(21)22/h3-6,12-13H,7-11H2,1-2H3. The second kappa shape index (κ2) is 6.94. The van der Waals surface area contributed by atoms with E-state index in [2.05, 4.69) is 15.9 Å². The molecule has 1 aliphatic carbocycles. The van der Waals surface area contributed by atoms with Gasteiger partial charge in [-0.1, -0.05) is 28.1 Å². The Balaban J connectivity index is 2.34. The topological polar surface area (TPSA) is 46.4 Å². The van der Waals surface area contributed by atoms with E-state index in [9.17, 15) is 14.5 Å². The highest BCUT2D eigenvalue weighted by Crippen LogP contribution is 2.36. The van der Waals surface area contributed by atoms with Crippen LogP contribution in [0.15, 0.2) is 24.3 Å². The van der Waals surface area contributed by atoms with Gasteiger partial charge in [0.2, 0.25) is 0 Å². The maximum Gasteiger partial charge on any atom is 0.292 e. The van der Waals surface area contributed by atoms with Crippen LogP contribution in [0.25, 0.3) is 0 Å². The van der Waals surface area contributed by atoms with Gasteiger partial charge in [-0.25, -0.2) is 4.39 Å². The Kier molecular flexibility index (Phi) is 5.42. The summed E-state index contributed by atoms with van der Waals surface area (Å²) in [5.41, 5.74) is -0.835. The minimum atomic E-state index is -1.41. The zero-order chi connectivity index (χ0) is 16.3. The van der Waals surface area contributed by atoms with Crippen molar-refractivity contribution in [1.82, 2.24) is 0 Å². The quantitative estimate of drug-likeness (QED) is 0.421. The lowest BCUT2D eigenvalue weighted by atomic mass is 9.92. The molecule has 0 saturated heterocycles. The van der Waals surface area contributed by atoms with E-state index in [0.717, 1.165) is 25.7 Å². The number of hydrogen-bond donors (Lipinski definition) is 0. The SMILES string of the molecule is CC(C)(F)CN(c1ccccc1[N+](=O)[O-])C1CCC(Br)CC1. The highest BCUT2D eigenvalue weighted by molar-refractivity contribution is 9.09. The molecular formula is C16H22BrFN2O2. The first-order chi connectivity index (χ1) is 10.3. The van der Waals surface area contributed by atoms with Crippen molar-refractivity contribution in [3.8, 4) is 0 Å². The van der Waals surface area contributed by atoms with Gasteiger partial charge >= 0.3 is 0 Å². The maximum atomic E-state index is 14.3. The Morgan fingerprint density at radius 3 is 2.45 bits per heavy atom. The summed E-state index contributed by atoms with van der Waals surface area (Å²) >= 11 is 3.62. The fourth-order valence-electron chi connectivity index (χ4n) is 3.02. The van der Waals surface area contributed by atoms with Crippen LogP contribution in [-0.2, 0) is 0 Å². The Morgan fingerprint density at radius 2 is 1.91 bits per heavy atom. The van der Waals surface area contributed by atoms with Crippen molar-refractivity contribution in [1.29, 1.82) is 0 Å². The molecule has 1 aromatic rings. The van der Waals surface area contributed by atoms with Gasteiger partial charge in [0, 0.05) is 16.9 Å². The molecule has 0 unspecified atom stereocenters. The third-order valence-electron chi connectivity index (χ3n) is 4.00. The molecular weight excluding hydrogens is 351 g/mol. The van der Waals surface area contributed by atoms with Crippen molar-refractivity contribution in [2.75, 3.05) is 11.4 Å². The van der Waals surface area contributed by atoms with Crippen molar-refractivity contribution in [3.05, 3.63) is 34.4 Å². The first-order valence-corrected chi connectivity index (χ1v) is 8.52. The number of nitro benzene ring substituents is 1. The van der Waals surface area contributed by atoms with Crippen LogP contribution in [0, 0.1) is 10.1 Å². The molecule has 0 N–H and O–H groups in total. The van der Waals surface area contributed by atoms with Gasteiger partial charge in [0.1, 0.15) is 11.4 Å². The largest absolute Gasteiger partial charge is 0.360 e. The van der Waals surface area contributed by atoms with Gasteiger partial charge in [0.05, 0.1) is 11.5 Å². The molecule has 0 radical (unpaired) electrons. The molecule has 6 heteroatoms. The molecule has 1 fully saturated rings. The van der Waals surface area contributed by atoms with Gasteiger partial charge in [-0.2, -0.15) is 0 Å². The minimum Gasteiger partial charge on any atom is -0.360 e. The number of rotatable bonds is 5. The molecule has 0 bridgehead atoms. The smallest absolute Gasteiger partial charge is 0.292 e. The van der Waals surface area contributed by atoms with Crippen LogP contribution in [0.5, 0.6) is 0 Å². The predicted molar refractivity (Wildman–Crippen MR) is 90.6 cm³/mol. The van der Waals surface area contributed by atoms with Crippen molar-refractivity contribution < 1.29 is 9.31 Å². The molecule has 2 rings (SSSR count). The molecule has 0 aliphatic heterocycles. The molecule has 1 aromatic carbocycles. The molecule has 4 nitrogen and oxygen atoms in total.